The number of piperazine rings is 1. The van der Waals surface area contributed by atoms with E-state index in [1.807, 2.05) is 6.92 Å². The van der Waals surface area contributed by atoms with E-state index in [1.165, 1.54) is 30.6 Å². The van der Waals surface area contributed by atoms with Crippen LogP contribution in [0.2, 0.25) is 10.0 Å². The fourth-order valence-corrected chi connectivity index (χ4v) is 8.49. The summed E-state index contributed by atoms with van der Waals surface area (Å²) >= 11 is 13.9. The van der Waals surface area contributed by atoms with Gasteiger partial charge in [0.2, 0.25) is 0 Å². The summed E-state index contributed by atoms with van der Waals surface area (Å²) in [5.74, 6) is -0.0391. The van der Waals surface area contributed by atoms with E-state index in [2.05, 4.69) is 4.98 Å². The van der Waals surface area contributed by atoms with Crippen LogP contribution in [0.25, 0.3) is 5.57 Å². The molecule has 1 unspecified atom stereocenters. The highest BCUT2D eigenvalue weighted by Crippen LogP contribution is 2.44. The van der Waals surface area contributed by atoms with Gasteiger partial charge in [-0.3, -0.25) is 9.69 Å². The second-order valence-electron chi connectivity index (χ2n) is 16.4. The molecule has 3 heterocycles. The summed E-state index contributed by atoms with van der Waals surface area (Å²) in [5, 5.41) is 1.12. The number of carbonyl (C=O) groups excluding carboxylic acids is 3. The minimum absolute atomic E-state index is 0.0340. The molecule has 2 bridgehead atoms. The lowest BCUT2D eigenvalue weighted by atomic mass is 9.83. The van der Waals surface area contributed by atoms with Crippen molar-refractivity contribution in [2.75, 3.05) is 33.4 Å². The number of methoxy groups -OCH3 is 1. The average molecular weight is 848 g/mol. The van der Waals surface area contributed by atoms with Crippen molar-refractivity contribution >= 4 is 58.2 Å². The van der Waals surface area contributed by atoms with Gasteiger partial charge in [0.15, 0.2) is 5.75 Å². The molecule has 3 aliphatic rings. The quantitative estimate of drug-likeness (QED) is 0.174. The Labute approximate surface area is 346 Å². The number of rotatable bonds is 11. The van der Waals surface area contributed by atoms with Crippen molar-refractivity contribution in [2.24, 2.45) is 0 Å². The van der Waals surface area contributed by atoms with Crippen LogP contribution in [-0.2, 0) is 20.8 Å². The smallest absolute Gasteiger partial charge is 0.411 e. The van der Waals surface area contributed by atoms with Crippen molar-refractivity contribution in [3.05, 3.63) is 74.0 Å². The van der Waals surface area contributed by atoms with E-state index in [0.717, 1.165) is 18.4 Å². The number of nitrogens with zero attached hydrogens (tertiary/aromatic N) is 4. The maximum absolute atomic E-state index is 15.3. The van der Waals surface area contributed by atoms with Gasteiger partial charge in [-0.15, -0.1) is 0 Å². The largest absolute Gasteiger partial charge is 0.497 e. The van der Waals surface area contributed by atoms with Crippen LogP contribution >= 0.6 is 34.5 Å². The summed E-state index contributed by atoms with van der Waals surface area (Å²) < 4.78 is 44.2. The number of halogens is 3. The van der Waals surface area contributed by atoms with Gasteiger partial charge in [0, 0.05) is 43.0 Å². The lowest BCUT2D eigenvalue weighted by Crippen LogP contribution is -2.66. The second kappa shape index (κ2) is 16.9. The summed E-state index contributed by atoms with van der Waals surface area (Å²) in [5.41, 5.74) is 0.540. The molecule has 12 nitrogen and oxygen atoms in total. The zero-order valence-electron chi connectivity index (χ0n) is 33.4. The van der Waals surface area contributed by atoms with Crippen molar-refractivity contribution in [1.29, 1.82) is 0 Å². The molecular weight excluding hydrogens is 798 g/mol. The Morgan fingerprint density at radius 1 is 0.947 bits per heavy atom. The molecule has 2 aromatic carbocycles. The second-order valence-corrected chi connectivity index (χ2v) is 18.2. The molecule has 0 radical (unpaired) electrons. The number of aryl methyl sites for hydroxylation is 1. The fourth-order valence-electron chi connectivity index (χ4n) is 6.93. The molecule has 2 atom stereocenters. The molecule has 3 aromatic rings. The highest BCUT2D eigenvalue weighted by Gasteiger charge is 2.51. The van der Waals surface area contributed by atoms with Gasteiger partial charge in [-0.25, -0.2) is 19.0 Å². The number of carbonyl (C=O) groups is 3. The van der Waals surface area contributed by atoms with Crippen molar-refractivity contribution in [3.63, 3.8) is 0 Å². The van der Waals surface area contributed by atoms with Gasteiger partial charge in [-0.05, 0) is 109 Å². The Hall–Kier alpha value is -4.27. The summed E-state index contributed by atoms with van der Waals surface area (Å²) in [6.07, 6.45) is 2.13. The Morgan fingerprint density at radius 3 is 2.23 bits per heavy atom. The molecule has 1 aromatic heterocycles. The van der Waals surface area contributed by atoms with Crippen LogP contribution in [0.1, 0.15) is 76.8 Å². The molecule has 1 aliphatic carbocycles. The molecule has 3 amide bonds. The van der Waals surface area contributed by atoms with E-state index in [4.69, 9.17) is 46.9 Å². The lowest BCUT2D eigenvalue weighted by molar-refractivity contribution is -0.129. The number of ether oxygens (including phenoxy) is 5. The normalized spacial score (nSPS) is 18.3. The van der Waals surface area contributed by atoms with Gasteiger partial charge in [0.25, 0.3) is 11.1 Å². The van der Waals surface area contributed by atoms with Gasteiger partial charge < -0.3 is 33.5 Å². The van der Waals surface area contributed by atoms with E-state index >= 15 is 9.18 Å². The van der Waals surface area contributed by atoms with Crippen molar-refractivity contribution in [1.82, 2.24) is 19.7 Å². The van der Waals surface area contributed by atoms with Crippen LogP contribution in [0.4, 0.5) is 14.0 Å². The third kappa shape index (κ3) is 10.2. The molecule has 57 heavy (non-hydrogen) atoms. The van der Waals surface area contributed by atoms with Crippen molar-refractivity contribution in [3.8, 4) is 16.7 Å². The minimum atomic E-state index is -0.928. The van der Waals surface area contributed by atoms with Crippen LogP contribution in [0.3, 0.4) is 0 Å². The topological polar surface area (TPSA) is 120 Å². The van der Waals surface area contributed by atoms with E-state index in [0.29, 0.717) is 42.8 Å². The number of fused-ring (bicyclic) bond motifs is 2. The van der Waals surface area contributed by atoms with Crippen molar-refractivity contribution in [2.45, 2.75) is 104 Å². The third-order valence-electron chi connectivity index (χ3n) is 9.46. The first kappa shape index (κ1) is 42.3. The van der Waals surface area contributed by atoms with Crippen LogP contribution in [-0.4, -0.2) is 101 Å². The van der Waals surface area contributed by atoms with Crippen molar-refractivity contribution < 1.29 is 42.5 Å². The number of hydrogen-bond acceptors (Lipinski definition) is 10. The summed E-state index contributed by atoms with van der Waals surface area (Å²) in [7, 11) is 1.50. The zero-order chi connectivity index (χ0) is 41.4. The Morgan fingerprint density at radius 2 is 1.60 bits per heavy atom. The van der Waals surface area contributed by atoms with Gasteiger partial charge in [-0.2, -0.15) is 0 Å². The van der Waals surface area contributed by atoms with E-state index in [-0.39, 0.29) is 56.8 Å². The minimum Gasteiger partial charge on any atom is -0.497 e. The molecule has 2 fully saturated rings. The van der Waals surface area contributed by atoms with Crippen LogP contribution in [0.5, 0.6) is 16.7 Å². The number of amides is 3. The maximum atomic E-state index is 15.3. The molecule has 308 valence electrons. The summed E-state index contributed by atoms with van der Waals surface area (Å²) in [6, 6.07) is 6.28. The highest BCUT2D eigenvalue weighted by molar-refractivity contribution is 7.14. The summed E-state index contributed by atoms with van der Waals surface area (Å²) in [4.78, 5) is 52.9. The number of aromatic nitrogens is 1. The Balaban J connectivity index is 1.37. The molecule has 1 saturated heterocycles. The van der Waals surface area contributed by atoms with E-state index in [1.54, 1.807) is 80.6 Å². The van der Waals surface area contributed by atoms with E-state index in [9.17, 15) is 9.59 Å². The number of thiazole rings is 1. The van der Waals surface area contributed by atoms with Gasteiger partial charge in [0.05, 0.1) is 34.1 Å². The standard InChI is InChI=1S/C41H49Cl2FN4O8S/c1-23-15-29(42)35(30(43)16-23)53-13-14-54-37-45-19-33(57-37)28-18-26-21-46(38(50)55-40(2,3)4)22-32(48(26)39(51)56-41(5,6)7)34(28)36(49)47(25-9-10-25)20-24-17-27(52-8)11-12-31(24)44/h11-12,15-17,19,25-26,32H,9-10,13-14,18,20-22H2,1-8H3/t26?,32-/m1/s1. The molecule has 1 saturated carbocycles. The van der Waals surface area contributed by atoms with Crippen LogP contribution in [0, 0.1) is 12.7 Å². The number of hydrogen-bond donors (Lipinski definition) is 0. The first-order chi connectivity index (χ1) is 26.8. The molecular formula is C41H49Cl2FN4O8S. The average Bonchev–Trinajstić information content (AvgIpc) is 3.84. The molecule has 6 rings (SSSR count). The number of benzene rings is 2. The molecule has 0 spiro atoms. The predicted octanol–water partition coefficient (Wildman–Crippen LogP) is 8.94. The Kier molecular flexibility index (Phi) is 12.6. The third-order valence-corrected chi connectivity index (χ3v) is 11.0. The zero-order valence-corrected chi connectivity index (χ0v) is 35.8. The highest BCUT2D eigenvalue weighted by atomic mass is 35.5. The molecule has 16 heteroatoms. The van der Waals surface area contributed by atoms with Crippen LogP contribution < -0.4 is 14.2 Å². The fraction of sp³-hybridized carbons (Fsp3) is 0.512. The predicted molar refractivity (Wildman–Crippen MR) is 216 cm³/mol. The first-order valence-corrected chi connectivity index (χ1v) is 20.4. The van der Waals surface area contributed by atoms with E-state index < -0.39 is 41.3 Å². The first-order valence-electron chi connectivity index (χ1n) is 18.8. The molecule has 0 N–H and O–H groups in total. The van der Waals surface area contributed by atoms with Crippen LogP contribution in [0.15, 0.2) is 42.1 Å². The summed E-state index contributed by atoms with van der Waals surface area (Å²) in [6.45, 7) is 12.9. The maximum Gasteiger partial charge on any atom is 0.411 e. The SMILES string of the molecule is COc1ccc(F)c(CN(C(=O)C2=C(c3cnc(OCCOc4c(Cl)cc(C)cc4Cl)s3)CC3CN(C(=O)OC(C)(C)C)C[C@H]2N3C(=O)OC(C)(C)C)C2CC2)c1. The Bertz CT molecular complexity index is 2020. The monoisotopic (exact) mass is 846 g/mol. The van der Waals surface area contributed by atoms with Gasteiger partial charge in [-0.1, -0.05) is 34.5 Å². The van der Waals surface area contributed by atoms with Gasteiger partial charge in [0.1, 0.15) is 36.0 Å². The van der Waals surface area contributed by atoms with Gasteiger partial charge >= 0.3 is 12.2 Å². The molecule has 2 aliphatic heterocycles. The lowest BCUT2D eigenvalue weighted by Gasteiger charge is -2.51.